The van der Waals surface area contributed by atoms with Crippen LogP contribution in [-0.4, -0.2) is 40.6 Å². The first-order valence-corrected chi connectivity index (χ1v) is 22.6. The number of fused-ring (bicyclic) bond motifs is 10. The molecular weight excluding hydrogens is 689 g/mol. The smallest absolute Gasteiger partial charge is 0.434 e. The maximum Gasteiger partial charge on any atom is 0.494 e. The number of rotatable bonds is 19. The molecule has 3 atom stereocenters. The lowest BCUT2D eigenvalue weighted by Crippen LogP contribution is -2.34. The molecule has 3 unspecified atom stereocenters. The number of hydrogen-bond acceptors (Lipinski definition) is 3. The molecule has 1 saturated heterocycles. The zero-order valence-corrected chi connectivity index (χ0v) is 35.9. The maximum absolute atomic E-state index is 6.16. The molecule has 289 valence electrons. The zero-order valence-electron chi connectivity index (χ0n) is 34.7. The standard InChI is InChI=1S/C49H64B2O3P/c1-7-11-13-15-25-47(5,9-3)35-17-21-39-40-22-18-36(48(6,10-4)26-16-14-12-8-2)32-44(40)49(43(39)31-35)45-33-37(50-52-29-30-55)19-23-41(45)42-24-20-38(34-46(42)49)51-53-27-28-54-51/h17-24,31-34H,7-16,25-30,55H2,1-6H3. The van der Waals surface area contributed by atoms with Crippen molar-refractivity contribution in [2.45, 2.75) is 135 Å². The van der Waals surface area contributed by atoms with Crippen LogP contribution in [0.3, 0.4) is 0 Å². The highest BCUT2D eigenvalue weighted by molar-refractivity contribution is 7.16. The van der Waals surface area contributed by atoms with Gasteiger partial charge in [-0.15, -0.1) is 9.24 Å². The van der Waals surface area contributed by atoms with Crippen LogP contribution >= 0.6 is 9.24 Å². The minimum absolute atomic E-state index is 0.0996. The van der Waals surface area contributed by atoms with E-state index in [2.05, 4.69) is 124 Å². The molecule has 0 saturated carbocycles. The fourth-order valence-electron chi connectivity index (χ4n) is 9.94. The summed E-state index contributed by atoms with van der Waals surface area (Å²) in [6.45, 7) is 16.4. The van der Waals surface area contributed by atoms with Gasteiger partial charge in [0.1, 0.15) is 0 Å². The Morgan fingerprint density at radius 3 is 1.64 bits per heavy atom. The minimum Gasteiger partial charge on any atom is -0.434 e. The Hall–Kier alpha value is -2.68. The van der Waals surface area contributed by atoms with E-state index in [4.69, 9.17) is 14.0 Å². The van der Waals surface area contributed by atoms with Crippen molar-refractivity contribution in [3.8, 4) is 22.3 Å². The van der Waals surface area contributed by atoms with Gasteiger partial charge in [0.2, 0.25) is 0 Å². The number of unbranched alkanes of at least 4 members (excludes halogenated alkanes) is 6. The molecule has 1 fully saturated rings. The Morgan fingerprint density at radius 2 is 1.13 bits per heavy atom. The first-order chi connectivity index (χ1) is 26.8. The van der Waals surface area contributed by atoms with E-state index < -0.39 is 5.41 Å². The molecule has 1 aliphatic heterocycles. The highest BCUT2D eigenvalue weighted by Crippen LogP contribution is 2.63. The first-order valence-electron chi connectivity index (χ1n) is 21.8. The van der Waals surface area contributed by atoms with Crippen LogP contribution in [0.5, 0.6) is 0 Å². The molecule has 4 aromatic rings. The first kappa shape index (κ1) is 40.5. The van der Waals surface area contributed by atoms with Gasteiger partial charge in [-0.3, -0.25) is 0 Å². The summed E-state index contributed by atoms with van der Waals surface area (Å²) < 4.78 is 18.4. The van der Waals surface area contributed by atoms with E-state index in [0.29, 0.717) is 19.8 Å². The van der Waals surface area contributed by atoms with Crippen LogP contribution in [0, 0.1) is 0 Å². The van der Waals surface area contributed by atoms with E-state index >= 15 is 0 Å². The van der Waals surface area contributed by atoms with Crippen molar-refractivity contribution in [1.29, 1.82) is 0 Å². The second-order valence-electron chi connectivity index (χ2n) is 17.2. The van der Waals surface area contributed by atoms with E-state index in [1.807, 2.05) is 7.48 Å². The molecule has 55 heavy (non-hydrogen) atoms. The molecule has 3 nitrogen and oxygen atoms in total. The third kappa shape index (κ3) is 7.46. The van der Waals surface area contributed by atoms with E-state index in [1.165, 1.54) is 120 Å². The van der Waals surface area contributed by atoms with Gasteiger partial charge in [0.05, 0.1) is 18.6 Å². The van der Waals surface area contributed by atoms with Gasteiger partial charge in [0.15, 0.2) is 0 Å². The maximum atomic E-state index is 6.16. The van der Waals surface area contributed by atoms with Crippen LogP contribution < -0.4 is 10.9 Å². The Bertz CT molecular complexity index is 1880. The average molecular weight is 754 g/mol. The van der Waals surface area contributed by atoms with Gasteiger partial charge < -0.3 is 14.0 Å². The molecule has 3 aliphatic rings. The minimum atomic E-state index is -0.492. The summed E-state index contributed by atoms with van der Waals surface area (Å²) in [6, 6.07) is 29.2. The molecule has 0 aromatic heterocycles. The molecule has 7 rings (SSSR count). The topological polar surface area (TPSA) is 27.7 Å². The van der Waals surface area contributed by atoms with Crippen molar-refractivity contribution in [3.63, 3.8) is 0 Å². The SMILES string of the molecule is CCCCCCC(C)(CC)c1ccc2c(c1)C1(c3cc([B]OCCP)ccc3-c3ccc(B4OCCO4)cc31)c1cc(C(C)(CC)CCCCCC)ccc1-2. The Balaban J connectivity index is 1.49. The quantitative estimate of drug-likeness (QED) is 0.0468. The van der Waals surface area contributed by atoms with E-state index in [-0.39, 0.29) is 17.9 Å². The van der Waals surface area contributed by atoms with E-state index in [9.17, 15) is 0 Å². The van der Waals surface area contributed by atoms with Crippen molar-refractivity contribution < 1.29 is 14.0 Å². The summed E-state index contributed by atoms with van der Waals surface area (Å²) in [5.74, 6) is 0. The van der Waals surface area contributed by atoms with Crippen molar-refractivity contribution >= 4 is 34.8 Å². The lowest BCUT2D eigenvalue weighted by atomic mass is 9.65. The van der Waals surface area contributed by atoms with Gasteiger partial charge >= 0.3 is 14.6 Å². The highest BCUT2D eigenvalue weighted by atomic mass is 31.0. The monoisotopic (exact) mass is 753 g/mol. The van der Waals surface area contributed by atoms with Gasteiger partial charge in [0.25, 0.3) is 0 Å². The van der Waals surface area contributed by atoms with Gasteiger partial charge in [0, 0.05) is 6.61 Å². The summed E-state index contributed by atoms with van der Waals surface area (Å²) in [7, 11) is 4.40. The average Bonchev–Trinajstić information content (AvgIpc) is 3.93. The lowest BCUT2D eigenvalue weighted by Gasteiger charge is -2.35. The number of benzene rings is 4. The van der Waals surface area contributed by atoms with E-state index in [1.54, 1.807) is 0 Å². The van der Waals surface area contributed by atoms with Crippen molar-refractivity contribution in [2.75, 3.05) is 26.0 Å². The normalized spacial score (nSPS) is 18.9. The fraction of sp³-hybridized carbons (Fsp3) is 0.510. The van der Waals surface area contributed by atoms with E-state index in [0.717, 1.165) is 29.9 Å². The Kier molecular flexibility index (Phi) is 12.8. The molecule has 1 spiro atoms. The van der Waals surface area contributed by atoms with Gasteiger partial charge in [-0.25, -0.2) is 0 Å². The summed E-state index contributed by atoms with van der Waals surface area (Å²) in [5.41, 5.74) is 15.7. The molecule has 2 aliphatic carbocycles. The second-order valence-corrected chi connectivity index (χ2v) is 17.8. The van der Waals surface area contributed by atoms with Gasteiger partial charge in [-0.2, -0.15) is 0 Å². The fourth-order valence-corrected chi connectivity index (χ4v) is 10.1. The number of hydrogen-bond donors (Lipinski definition) is 0. The summed E-state index contributed by atoms with van der Waals surface area (Å²) in [4.78, 5) is 0. The molecule has 1 radical (unpaired) electrons. The largest absolute Gasteiger partial charge is 0.494 e. The Labute approximate surface area is 336 Å². The molecule has 4 aromatic carbocycles. The van der Waals surface area contributed by atoms with Crippen LogP contribution in [0.15, 0.2) is 72.8 Å². The van der Waals surface area contributed by atoms with Crippen molar-refractivity contribution in [1.82, 2.24) is 0 Å². The van der Waals surface area contributed by atoms with Crippen LogP contribution in [-0.2, 0) is 30.2 Å². The van der Waals surface area contributed by atoms with Crippen molar-refractivity contribution in [3.05, 3.63) is 106 Å². The molecule has 1 heterocycles. The van der Waals surface area contributed by atoms with Crippen LogP contribution in [0.1, 0.15) is 152 Å². The van der Waals surface area contributed by atoms with Gasteiger partial charge in [-0.05, 0) is 104 Å². The van der Waals surface area contributed by atoms with Crippen molar-refractivity contribution in [2.24, 2.45) is 0 Å². The molecule has 0 N–H and O–H groups in total. The summed E-state index contributed by atoms with van der Waals surface area (Å²) >= 11 is 0. The summed E-state index contributed by atoms with van der Waals surface area (Å²) in [5, 5.41) is 0. The molecule has 0 bridgehead atoms. The second kappa shape index (κ2) is 17.4. The van der Waals surface area contributed by atoms with Crippen LogP contribution in [0.25, 0.3) is 22.3 Å². The molecule has 0 amide bonds. The summed E-state index contributed by atoms with van der Waals surface area (Å²) in [6.07, 6.45) is 15.8. The predicted molar refractivity (Wildman–Crippen MR) is 239 cm³/mol. The highest BCUT2D eigenvalue weighted by Gasteiger charge is 2.53. The lowest BCUT2D eigenvalue weighted by molar-refractivity contribution is 0.365. The molecular formula is C49H64B2O3P. The third-order valence-corrected chi connectivity index (χ3v) is 14.0. The van der Waals surface area contributed by atoms with Crippen LogP contribution in [0.2, 0.25) is 0 Å². The molecule has 6 heteroatoms. The third-order valence-electron chi connectivity index (χ3n) is 13.8. The van der Waals surface area contributed by atoms with Gasteiger partial charge in [-0.1, -0.05) is 171 Å². The predicted octanol–water partition coefficient (Wildman–Crippen LogP) is 11.2. The Morgan fingerprint density at radius 1 is 0.636 bits per heavy atom. The van der Waals surface area contributed by atoms with Crippen LogP contribution in [0.4, 0.5) is 0 Å². The zero-order chi connectivity index (χ0) is 38.6.